The Kier molecular flexibility index (Phi) is 4.63. The van der Waals surface area contributed by atoms with E-state index >= 15 is 0 Å². The zero-order valence-corrected chi connectivity index (χ0v) is 15.1. The molecule has 0 unspecified atom stereocenters. The molecule has 9 nitrogen and oxygen atoms in total. The monoisotopic (exact) mass is 375 g/mol. The van der Waals surface area contributed by atoms with Crippen molar-refractivity contribution in [2.24, 2.45) is 10.9 Å². The van der Waals surface area contributed by atoms with Crippen molar-refractivity contribution >= 4 is 28.2 Å². The van der Waals surface area contributed by atoms with Crippen molar-refractivity contribution in [3.8, 4) is 0 Å². The van der Waals surface area contributed by atoms with Gasteiger partial charge in [-0.25, -0.2) is 0 Å². The topological polar surface area (TPSA) is 121 Å². The molecule has 3 heterocycles. The third-order valence-corrected chi connectivity index (χ3v) is 4.14. The summed E-state index contributed by atoms with van der Waals surface area (Å²) in [5, 5.41) is 17.9. The molecule has 3 aromatic heterocycles. The quantitative estimate of drug-likeness (QED) is 0.403. The van der Waals surface area contributed by atoms with E-state index in [1.807, 2.05) is 24.3 Å². The van der Waals surface area contributed by atoms with E-state index in [1.165, 1.54) is 0 Å². The van der Waals surface area contributed by atoms with Gasteiger partial charge in [0.25, 0.3) is 5.91 Å². The number of primary amides is 1. The van der Waals surface area contributed by atoms with Crippen LogP contribution in [0.3, 0.4) is 0 Å². The van der Waals surface area contributed by atoms with E-state index in [9.17, 15) is 4.79 Å². The van der Waals surface area contributed by atoms with Crippen molar-refractivity contribution in [1.82, 2.24) is 24.8 Å². The van der Waals surface area contributed by atoms with Gasteiger partial charge in [0, 0.05) is 18.0 Å². The highest BCUT2D eigenvalue weighted by atomic mass is 16.6. The number of nitrogens with two attached hydrogens (primary N) is 1. The van der Waals surface area contributed by atoms with E-state index in [1.54, 1.807) is 29.8 Å². The molecule has 0 saturated heterocycles. The zero-order valence-electron chi connectivity index (χ0n) is 15.1. The summed E-state index contributed by atoms with van der Waals surface area (Å²) in [4.78, 5) is 20.0. The summed E-state index contributed by atoms with van der Waals surface area (Å²) >= 11 is 0. The van der Waals surface area contributed by atoms with Gasteiger partial charge in [0.1, 0.15) is 11.4 Å². The van der Waals surface area contributed by atoms with Gasteiger partial charge in [-0.15, -0.1) is 10.2 Å². The van der Waals surface area contributed by atoms with Crippen LogP contribution in [-0.4, -0.2) is 43.0 Å². The van der Waals surface area contributed by atoms with E-state index in [0.29, 0.717) is 29.3 Å². The number of amides is 1. The highest BCUT2D eigenvalue weighted by Crippen LogP contribution is 2.16. The van der Waals surface area contributed by atoms with Gasteiger partial charge >= 0.3 is 0 Å². The van der Waals surface area contributed by atoms with Crippen LogP contribution < -0.4 is 5.73 Å². The molecule has 0 bridgehead atoms. The number of benzene rings is 1. The molecule has 9 heteroatoms. The average molecular weight is 375 g/mol. The number of fused-ring (bicyclic) bond motifs is 2. The summed E-state index contributed by atoms with van der Waals surface area (Å²) in [5.41, 5.74) is 8.79. The maximum atomic E-state index is 10.7. The Bertz CT molecular complexity index is 1200. The summed E-state index contributed by atoms with van der Waals surface area (Å²) in [5.74, 6) is 0.109. The van der Waals surface area contributed by atoms with E-state index in [0.717, 1.165) is 16.5 Å². The molecule has 28 heavy (non-hydrogen) atoms. The fourth-order valence-corrected chi connectivity index (χ4v) is 2.79. The van der Waals surface area contributed by atoms with Gasteiger partial charge in [-0.2, -0.15) is 9.61 Å². The fourth-order valence-electron chi connectivity index (χ4n) is 2.79. The molecule has 0 saturated carbocycles. The second-order valence-electron chi connectivity index (χ2n) is 6.23. The van der Waals surface area contributed by atoms with Gasteiger partial charge in [0.05, 0.1) is 5.52 Å². The van der Waals surface area contributed by atoms with E-state index in [2.05, 4.69) is 31.5 Å². The lowest BCUT2D eigenvalue weighted by molar-refractivity contribution is -0.122. The Morgan fingerprint density at radius 2 is 2.11 bits per heavy atom. The van der Waals surface area contributed by atoms with Crippen LogP contribution in [0, 0.1) is 0 Å². The number of nitrogens with zero attached hydrogens (tertiary/aromatic N) is 6. The van der Waals surface area contributed by atoms with Crippen LogP contribution in [0.25, 0.3) is 16.6 Å². The number of rotatable bonds is 6. The first-order valence-corrected chi connectivity index (χ1v) is 8.60. The SMILES string of the molecule is C/C(=N\OCC(N)=O)c1ccc2nnc(Cc3ccc4ncccc4c3)n2n1. The molecule has 0 atom stereocenters. The number of carbonyl (C=O) groups excluding carboxylic acids is 1. The largest absolute Gasteiger partial charge is 0.385 e. The van der Waals surface area contributed by atoms with Crippen LogP contribution in [0.5, 0.6) is 0 Å². The Labute approximate surface area is 159 Å². The molecule has 2 N–H and O–H groups in total. The lowest BCUT2D eigenvalue weighted by Gasteiger charge is -2.04. The minimum absolute atomic E-state index is 0.283. The van der Waals surface area contributed by atoms with E-state index < -0.39 is 5.91 Å². The van der Waals surface area contributed by atoms with Gasteiger partial charge < -0.3 is 10.6 Å². The molecule has 140 valence electrons. The molecule has 0 aliphatic carbocycles. The molecule has 0 radical (unpaired) electrons. The molecular formula is C19H17N7O2. The zero-order chi connectivity index (χ0) is 19.5. The molecule has 0 aliphatic rings. The first-order valence-electron chi connectivity index (χ1n) is 8.60. The number of aromatic nitrogens is 5. The molecule has 1 amide bonds. The Balaban J connectivity index is 1.62. The van der Waals surface area contributed by atoms with Crippen LogP contribution in [-0.2, 0) is 16.1 Å². The summed E-state index contributed by atoms with van der Waals surface area (Å²) in [7, 11) is 0. The van der Waals surface area contributed by atoms with Crippen molar-refractivity contribution in [1.29, 1.82) is 0 Å². The molecule has 0 spiro atoms. The number of carbonyl (C=O) groups is 1. The average Bonchev–Trinajstić information content (AvgIpc) is 3.09. The minimum atomic E-state index is -0.591. The number of hydrogen-bond donors (Lipinski definition) is 1. The molecule has 4 aromatic rings. The van der Waals surface area contributed by atoms with Crippen molar-refractivity contribution in [2.75, 3.05) is 6.61 Å². The van der Waals surface area contributed by atoms with Crippen LogP contribution >= 0.6 is 0 Å². The lowest BCUT2D eigenvalue weighted by Crippen LogP contribution is -2.17. The number of pyridine rings is 1. The number of oxime groups is 1. The third kappa shape index (κ3) is 3.63. The summed E-state index contributed by atoms with van der Waals surface area (Å²) in [6.45, 7) is 1.45. The summed E-state index contributed by atoms with van der Waals surface area (Å²) in [6, 6.07) is 13.6. The van der Waals surface area contributed by atoms with Gasteiger partial charge in [0.15, 0.2) is 18.1 Å². The van der Waals surface area contributed by atoms with Gasteiger partial charge in [0.2, 0.25) is 0 Å². The molecule has 0 aliphatic heterocycles. The molecule has 0 fully saturated rings. The predicted octanol–water partition coefficient (Wildman–Crippen LogP) is 1.49. The second-order valence-corrected chi connectivity index (χ2v) is 6.23. The van der Waals surface area contributed by atoms with Gasteiger partial charge in [-0.05, 0) is 42.8 Å². The standard InChI is InChI=1S/C19H17N7O2/c1-12(25-28-11-17(20)27)15-6-7-18-22-23-19(26(18)24-15)10-13-4-5-16-14(9-13)3-2-8-21-16/h2-9H,10-11H2,1H3,(H2,20,27)/b25-12+. The van der Waals surface area contributed by atoms with Crippen molar-refractivity contribution in [2.45, 2.75) is 13.3 Å². The molecule has 4 rings (SSSR count). The van der Waals surface area contributed by atoms with Crippen molar-refractivity contribution in [3.05, 3.63) is 65.7 Å². The highest BCUT2D eigenvalue weighted by molar-refractivity contribution is 5.96. The highest BCUT2D eigenvalue weighted by Gasteiger charge is 2.11. The Morgan fingerprint density at radius 1 is 1.21 bits per heavy atom. The second kappa shape index (κ2) is 7.39. The minimum Gasteiger partial charge on any atom is -0.385 e. The van der Waals surface area contributed by atoms with Crippen LogP contribution in [0.4, 0.5) is 0 Å². The Hall–Kier alpha value is -3.88. The summed E-state index contributed by atoms with van der Waals surface area (Å²) in [6.07, 6.45) is 2.34. The first-order chi connectivity index (χ1) is 13.6. The maximum absolute atomic E-state index is 10.7. The molecular weight excluding hydrogens is 358 g/mol. The van der Waals surface area contributed by atoms with Crippen molar-refractivity contribution in [3.63, 3.8) is 0 Å². The number of hydrogen-bond acceptors (Lipinski definition) is 7. The first kappa shape index (κ1) is 17.5. The predicted molar refractivity (Wildman–Crippen MR) is 103 cm³/mol. The van der Waals surface area contributed by atoms with Gasteiger partial charge in [-0.3, -0.25) is 9.78 Å². The van der Waals surface area contributed by atoms with Crippen LogP contribution in [0.2, 0.25) is 0 Å². The van der Waals surface area contributed by atoms with Crippen molar-refractivity contribution < 1.29 is 9.63 Å². The van der Waals surface area contributed by atoms with E-state index in [-0.39, 0.29) is 6.61 Å². The normalized spacial score (nSPS) is 11.8. The van der Waals surface area contributed by atoms with Crippen LogP contribution in [0.15, 0.2) is 53.8 Å². The molecule has 1 aromatic carbocycles. The van der Waals surface area contributed by atoms with E-state index in [4.69, 9.17) is 10.6 Å². The van der Waals surface area contributed by atoms with Gasteiger partial charge in [-0.1, -0.05) is 17.3 Å². The smallest absolute Gasteiger partial charge is 0.258 e. The Morgan fingerprint density at radius 3 is 2.96 bits per heavy atom. The lowest BCUT2D eigenvalue weighted by atomic mass is 10.1. The third-order valence-electron chi connectivity index (χ3n) is 4.14. The fraction of sp³-hybridized carbons (Fsp3) is 0.158. The summed E-state index contributed by atoms with van der Waals surface area (Å²) < 4.78 is 1.68. The maximum Gasteiger partial charge on any atom is 0.258 e. The van der Waals surface area contributed by atoms with Crippen LogP contribution in [0.1, 0.15) is 24.0 Å².